The zero-order valence-electron chi connectivity index (χ0n) is 14.5. The summed E-state index contributed by atoms with van der Waals surface area (Å²) < 4.78 is 0. The van der Waals surface area contributed by atoms with E-state index in [0.717, 1.165) is 16.3 Å². The van der Waals surface area contributed by atoms with Crippen LogP contribution in [0.2, 0.25) is 0 Å². The molecule has 0 fully saturated rings. The molecule has 1 unspecified atom stereocenters. The van der Waals surface area contributed by atoms with Crippen molar-refractivity contribution in [1.82, 2.24) is 5.32 Å². The first-order valence-corrected chi connectivity index (χ1v) is 8.56. The summed E-state index contributed by atoms with van der Waals surface area (Å²) in [7, 11) is 0. The molecule has 0 saturated heterocycles. The van der Waals surface area contributed by atoms with E-state index < -0.39 is 17.9 Å². The number of carboxylic acid groups (broad SMARTS) is 1. The van der Waals surface area contributed by atoms with E-state index in [1.807, 2.05) is 51.3 Å². The van der Waals surface area contributed by atoms with Crippen molar-refractivity contribution in [1.29, 1.82) is 0 Å². The van der Waals surface area contributed by atoms with Gasteiger partial charge in [-0.05, 0) is 55.3 Å². The summed E-state index contributed by atoms with van der Waals surface area (Å²) in [6, 6.07) is 10.1. The van der Waals surface area contributed by atoms with Gasteiger partial charge in [-0.25, -0.2) is 4.79 Å². The number of aliphatic imine (C=N–C) groups is 1. The quantitative estimate of drug-likeness (QED) is 0.567. The van der Waals surface area contributed by atoms with E-state index >= 15 is 0 Å². The zero-order valence-corrected chi connectivity index (χ0v) is 15.4. The molecular weight excluding hydrogens is 336 g/mol. The molecule has 0 aromatic heterocycles. The van der Waals surface area contributed by atoms with E-state index in [2.05, 4.69) is 22.9 Å². The number of thiol groups is 1. The van der Waals surface area contributed by atoms with E-state index in [4.69, 9.17) is 5.11 Å². The van der Waals surface area contributed by atoms with Gasteiger partial charge in [-0.2, -0.15) is 12.6 Å². The van der Waals surface area contributed by atoms with Gasteiger partial charge in [-0.1, -0.05) is 18.2 Å². The lowest BCUT2D eigenvalue weighted by molar-refractivity contribution is -0.138. The molecule has 0 aliphatic carbocycles. The predicted octanol–water partition coefficient (Wildman–Crippen LogP) is 3.17. The van der Waals surface area contributed by atoms with Crippen LogP contribution in [-0.4, -0.2) is 40.5 Å². The number of hydrogen-bond acceptors (Lipinski definition) is 4. The summed E-state index contributed by atoms with van der Waals surface area (Å²) in [5, 5.41) is 13.4. The van der Waals surface area contributed by atoms with E-state index in [0.29, 0.717) is 5.56 Å². The SMILES string of the molecule is CC(C)(C)/N=C\c1ccc2ccc(C(=O)NC(CS)C(=O)O)cc2c1. The lowest BCUT2D eigenvalue weighted by atomic mass is 10.0. The van der Waals surface area contributed by atoms with Crippen molar-refractivity contribution >= 4 is 41.5 Å². The Morgan fingerprint density at radius 2 is 1.88 bits per heavy atom. The number of hydrogen-bond donors (Lipinski definition) is 3. The largest absolute Gasteiger partial charge is 0.480 e. The fourth-order valence-corrected chi connectivity index (χ4v) is 2.43. The molecule has 2 aromatic carbocycles. The van der Waals surface area contributed by atoms with Crippen LogP contribution in [0, 0.1) is 0 Å². The van der Waals surface area contributed by atoms with E-state index in [9.17, 15) is 9.59 Å². The van der Waals surface area contributed by atoms with Gasteiger partial charge in [-0.15, -0.1) is 0 Å². The van der Waals surface area contributed by atoms with Gasteiger partial charge in [0.15, 0.2) is 0 Å². The van der Waals surface area contributed by atoms with Gasteiger partial charge in [0, 0.05) is 17.5 Å². The first kappa shape index (κ1) is 19.0. The topological polar surface area (TPSA) is 78.8 Å². The van der Waals surface area contributed by atoms with Crippen molar-refractivity contribution in [3.8, 4) is 0 Å². The standard InChI is InChI=1S/C19H22N2O3S/c1-19(2,3)20-10-12-4-5-13-6-7-14(9-15(13)8-12)17(22)21-16(11-25)18(23)24/h4-10,16,25H,11H2,1-3H3,(H,21,22)(H,23,24)/b20-10-. The smallest absolute Gasteiger partial charge is 0.327 e. The molecule has 0 aliphatic rings. The summed E-state index contributed by atoms with van der Waals surface area (Å²) in [5.74, 6) is -1.51. The molecule has 1 amide bonds. The maximum atomic E-state index is 12.3. The second-order valence-corrected chi connectivity index (χ2v) is 7.16. The minimum Gasteiger partial charge on any atom is -0.480 e. The molecule has 1 atom stereocenters. The minimum atomic E-state index is -1.11. The van der Waals surface area contributed by atoms with E-state index in [1.54, 1.807) is 12.1 Å². The molecule has 2 N–H and O–H groups in total. The van der Waals surface area contributed by atoms with E-state index in [1.165, 1.54) is 0 Å². The maximum absolute atomic E-state index is 12.3. The van der Waals surface area contributed by atoms with Gasteiger partial charge in [-0.3, -0.25) is 9.79 Å². The number of nitrogens with one attached hydrogen (secondary N) is 1. The van der Waals surface area contributed by atoms with Gasteiger partial charge in [0.2, 0.25) is 0 Å². The van der Waals surface area contributed by atoms with Crippen molar-refractivity contribution < 1.29 is 14.7 Å². The molecule has 0 heterocycles. The molecule has 0 saturated carbocycles. The van der Waals surface area contributed by atoms with Crippen LogP contribution in [0.1, 0.15) is 36.7 Å². The number of nitrogens with zero attached hydrogens (tertiary/aromatic N) is 1. The number of aliphatic carboxylic acids is 1. The van der Waals surface area contributed by atoms with Crippen molar-refractivity contribution in [3.63, 3.8) is 0 Å². The molecule has 2 aromatic rings. The van der Waals surface area contributed by atoms with Crippen LogP contribution in [-0.2, 0) is 4.79 Å². The lowest BCUT2D eigenvalue weighted by Crippen LogP contribution is -2.42. The second-order valence-electron chi connectivity index (χ2n) is 6.80. The monoisotopic (exact) mass is 358 g/mol. The average Bonchev–Trinajstić information content (AvgIpc) is 2.55. The van der Waals surface area contributed by atoms with Crippen LogP contribution < -0.4 is 5.32 Å². The number of carbonyl (C=O) groups is 2. The van der Waals surface area contributed by atoms with Crippen molar-refractivity contribution in [2.24, 2.45) is 4.99 Å². The molecule has 0 spiro atoms. The van der Waals surface area contributed by atoms with Crippen LogP contribution in [0.4, 0.5) is 0 Å². The van der Waals surface area contributed by atoms with Crippen molar-refractivity contribution in [2.75, 3.05) is 5.75 Å². The van der Waals surface area contributed by atoms with Gasteiger partial charge >= 0.3 is 5.97 Å². The van der Waals surface area contributed by atoms with Crippen LogP contribution in [0.15, 0.2) is 41.4 Å². The summed E-state index contributed by atoms with van der Waals surface area (Å²) in [4.78, 5) is 27.8. The molecule has 2 rings (SSSR count). The lowest BCUT2D eigenvalue weighted by Gasteiger charge is -2.12. The Balaban J connectivity index is 2.29. The Morgan fingerprint density at radius 3 is 2.48 bits per heavy atom. The predicted molar refractivity (Wildman–Crippen MR) is 104 cm³/mol. The Labute approximate surface area is 152 Å². The van der Waals surface area contributed by atoms with Crippen LogP contribution in [0.25, 0.3) is 10.8 Å². The van der Waals surface area contributed by atoms with Gasteiger partial charge in [0.05, 0.1) is 5.54 Å². The third-order valence-corrected chi connectivity index (χ3v) is 3.88. The maximum Gasteiger partial charge on any atom is 0.327 e. The van der Waals surface area contributed by atoms with Gasteiger partial charge in [0.25, 0.3) is 5.91 Å². The fraction of sp³-hybridized carbons (Fsp3) is 0.316. The zero-order chi connectivity index (χ0) is 18.6. The number of carboxylic acids is 1. The summed E-state index contributed by atoms with van der Waals surface area (Å²) in [6.45, 7) is 6.06. The van der Waals surface area contributed by atoms with E-state index in [-0.39, 0.29) is 11.3 Å². The molecule has 5 nitrogen and oxygen atoms in total. The third kappa shape index (κ3) is 5.32. The third-order valence-electron chi connectivity index (χ3n) is 3.51. The average molecular weight is 358 g/mol. The number of rotatable bonds is 5. The Bertz CT molecular complexity index is 825. The first-order valence-electron chi connectivity index (χ1n) is 7.93. The Kier molecular flexibility index (Phi) is 5.85. The highest BCUT2D eigenvalue weighted by Crippen LogP contribution is 2.18. The second kappa shape index (κ2) is 7.70. The molecular formula is C19H22N2O3S. The molecule has 0 aliphatic heterocycles. The highest BCUT2D eigenvalue weighted by atomic mass is 32.1. The first-order chi connectivity index (χ1) is 11.7. The van der Waals surface area contributed by atoms with Crippen LogP contribution in [0.5, 0.6) is 0 Å². The highest BCUT2D eigenvalue weighted by molar-refractivity contribution is 7.80. The fourth-order valence-electron chi connectivity index (χ4n) is 2.18. The summed E-state index contributed by atoms with van der Waals surface area (Å²) in [6.07, 6.45) is 1.81. The minimum absolute atomic E-state index is 0.0298. The van der Waals surface area contributed by atoms with Crippen LogP contribution >= 0.6 is 12.6 Å². The van der Waals surface area contributed by atoms with Gasteiger partial charge in [0.1, 0.15) is 6.04 Å². The Morgan fingerprint density at radius 1 is 1.20 bits per heavy atom. The Hall–Kier alpha value is -2.34. The normalized spacial score (nSPS) is 13.1. The summed E-state index contributed by atoms with van der Waals surface area (Å²) >= 11 is 3.95. The molecule has 25 heavy (non-hydrogen) atoms. The van der Waals surface area contributed by atoms with Gasteiger partial charge < -0.3 is 10.4 Å². The van der Waals surface area contributed by atoms with Crippen molar-refractivity contribution in [2.45, 2.75) is 32.4 Å². The molecule has 0 bridgehead atoms. The number of fused-ring (bicyclic) bond motifs is 1. The molecule has 132 valence electrons. The molecule has 0 radical (unpaired) electrons. The number of carbonyl (C=O) groups excluding carboxylic acids is 1. The molecule has 6 heteroatoms. The highest BCUT2D eigenvalue weighted by Gasteiger charge is 2.19. The summed E-state index contributed by atoms with van der Waals surface area (Å²) in [5.41, 5.74) is 1.19. The number of benzene rings is 2. The number of amides is 1. The van der Waals surface area contributed by atoms with Crippen LogP contribution in [0.3, 0.4) is 0 Å². The van der Waals surface area contributed by atoms with Crippen molar-refractivity contribution in [3.05, 3.63) is 47.5 Å².